The van der Waals surface area contributed by atoms with E-state index in [2.05, 4.69) is 10.6 Å². The number of aromatic carboxylic acids is 1. The van der Waals surface area contributed by atoms with Gasteiger partial charge >= 0.3 is 5.97 Å². The van der Waals surface area contributed by atoms with E-state index < -0.39 is 34.8 Å². The summed E-state index contributed by atoms with van der Waals surface area (Å²) in [7, 11) is 0. The first-order valence-electron chi connectivity index (χ1n) is 11.8. The SMILES string of the molecule is CC(C)(C)NC(=O)c1c(C2=CCC=C(Oc3c(F)cccc3F)C=C2)cn(C2CCNC2)c1C(=O)O. The Kier molecular flexibility index (Phi) is 7.12. The third-order valence-electron chi connectivity index (χ3n) is 5.91. The van der Waals surface area contributed by atoms with Crippen molar-refractivity contribution in [3.8, 4) is 5.75 Å². The average molecular weight is 498 g/mol. The zero-order valence-electron chi connectivity index (χ0n) is 20.4. The van der Waals surface area contributed by atoms with Crippen molar-refractivity contribution in [2.75, 3.05) is 13.1 Å². The van der Waals surface area contributed by atoms with Crippen molar-refractivity contribution in [3.63, 3.8) is 0 Å². The molecule has 2 aliphatic rings. The van der Waals surface area contributed by atoms with Crippen molar-refractivity contribution in [1.29, 1.82) is 0 Å². The fourth-order valence-electron chi connectivity index (χ4n) is 4.34. The van der Waals surface area contributed by atoms with Gasteiger partial charge in [-0.1, -0.05) is 18.2 Å². The minimum atomic E-state index is -1.19. The summed E-state index contributed by atoms with van der Waals surface area (Å²) in [5.74, 6) is -3.61. The molecule has 190 valence electrons. The molecule has 0 spiro atoms. The van der Waals surface area contributed by atoms with Gasteiger partial charge in [0.15, 0.2) is 17.4 Å². The van der Waals surface area contributed by atoms with E-state index in [1.807, 2.05) is 26.8 Å². The lowest BCUT2D eigenvalue weighted by Gasteiger charge is -2.21. The molecule has 1 unspecified atom stereocenters. The molecule has 1 atom stereocenters. The molecule has 1 aliphatic heterocycles. The third-order valence-corrected chi connectivity index (χ3v) is 5.91. The summed E-state index contributed by atoms with van der Waals surface area (Å²) < 4.78 is 35.3. The number of ether oxygens (including phenoxy) is 1. The normalized spacial score (nSPS) is 17.9. The summed E-state index contributed by atoms with van der Waals surface area (Å²) >= 11 is 0. The van der Waals surface area contributed by atoms with E-state index >= 15 is 0 Å². The van der Waals surface area contributed by atoms with Gasteiger partial charge in [-0.3, -0.25) is 4.79 Å². The highest BCUT2D eigenvalue weighted by Gasteiger charge is 2.32. The molecule has 1 saturated heterocycles. The van der Waals surface area contributed by atoms with Crippen LogP contribution in [0.2, 0.25) is 0 Å². The smallest absolute Gasteiger partial charge is 0.353 e. The number of allylic oxidation sites excluding steroid dienone is 5. The van der Waals surface area contributed by atoms with Crippen LogP contribution in [0, 0.1) is 11.6 Å². The molecule has 0 saturated carbocycles. The molecule has 2 heterocycles. The second-order valence-electron chi connectivity index (χ2n) is 9.82. The first kappa shape index (κ1) is 25.4. The zero-order chi connectivity index (χ0) is 26.0. The van der Waals surface area contributed by atoms with Gasteiger partial charge in [0, 0.05) is 29.9 Å². The highest BCUT2D eigenvalue weighted by molar-refractivity contribution is 6.08. The second kappa shape index (κ2) is 10.1. The Hall–Kier alpha value is -3.72. The Labute approximate surface area is 208 Å². The number of carbonyl (C=O) groups excluding carboxylic acids is 1. The van der Waals surface area contributed by atoms with Gasteiger partial charge in [0.2, 0.25) is 0 Å². The Morgan fingerprint density at radius 1 is 1.17 bits per heavy atom. The Bertz CT molecular complexity index is 1260. The molecule has 3 N–H and O–H groups in total. The minimum absolute atomic E-state index is 0.0724. The van der Waals surface area contributed by atoms with Crippen molar-refractivity contribution in [2.45, 2.75) is 45.2 Å². The van der Waals surface area contributed by atoms with E-state index in [1.54, 1.807) is 29.0 Å². The predicted molar refractivity (Wildman–Crippen MR) is 132 cm³/mol. The van der Waals surface area contributed by atoms with Crippen molar-refractivity contribution in [2.24, 2.45) is 0 Å². The van der Waals surface area contributed by atoms with Crippen molar-refractivity contribution in [1.82, 2.24) is 15.2 Å². The molecular formula is C27H29F2N3O4. The van der Waals surface area contributed by atoms with E-state index in [4.69, 9.17) is 4.74 Å². The maximum atomic E-state index is 14.1. The van der Waals surface area contributed by atoms with Gasteiger partial charge in [0.1, 0.15) is 11.5 Å². The number of amides is 1. The molecule has 1 aromatic carbocycles. The van der Waals surface area contributed by atoms with E-state index in [-0.39, 0.29) is 23.1 Å². The number of halogens is 2. The van der Waals surface area contributed by atoms with Crippen LogP contribution in [0.3, 0.4) is 0 Å². The molecule has 1 fully saturated rings. The second-order valence-corrected chi connectivity index (χ2v) is 9.82. The molecule has 1 aromatic heterocycles. The van der Waals surface area contributed by atoms with Gasteiger partial charge in [0.05, 0.1) is 5.56 Å². The highest BCUT2D eigenvalue weighted by atomic mass is 19.1. The number of rotatable bonds is 6. The van der Waals surface area contributed by atoms with Crippen LogP contribution in [0.1, 0.15) is 66.1 Å². The van der Waals surface area contributed by atoms with Crippen LogP contribution in [0.15, 0.2) is 54.5 Å². The largest absolute Gasteiger partial charge is 0.477 e. The third kappa shape index (κ3) is 5.41. The molecule has 1 amide bonds. The quantitative estimate of drug-likeness (QED) is 0.532. The molecule has 2 aromatic rings. The molecule has 36 heavy (non-hydrogen) atoms. The van der Waals surface area contributed by atoms with E-state index in [1.165, 1.54) is 6.07 Å². The summed E-state index contributed by atoms with van der Waals surface area (Å²) in [5.41, 5.74) is 0.483. The maximum absolute atomic E-state index is 14.1. The molecule has 9 heteroatoms. The lowest BCUT2D eigenvalue weighted by molar-refractivity contribution is 0.0675. The van der Waals surface area contributed by atoms with Crippen molar-refractivity contribution in [3.05, 3.63) is 82.9 Å². The van der Waals surface area contributed by atoms with Crippen molar-refractivity contribution < 1.29 is 28.2 Å². The van der Waals surface area contributed by atoms with Gasteiger partial charge in [-0.2, -0.15) is 0 Å². The number of aromatic nitrogens is 1. The number of carbonyl (C=O) groups is 2. The first-order chi connectivity index (χ1) is 17.0. The Morgan fingerprint density at radius 3 is 2.50 bits per heavy atom. The van der Waals surface area contributed by atoms with E-state index in [0.29, 0.717) is 24.1 Å². The minimum Gasteiger partial charge on any atom is -0.477 e. The predicted octanol–water partition coefficient (Wildman–Crippen LogP) is 4.83. The number of hydrogen-bond acceptors (Lipinski definition) is 4. The monoisotopic (exact) mass is 497 g/mol. The standard InChI is InChI=1S/C27H29F2N3O4/c1-27(2,3)31-25(33)22-19(15-32(23(22)26(34)35)17-12-13-30-14-17)16-6-4-7-18(11-10-16)36-24-20(28)8-5-9-21(24)29/h5-11,15,17,30H,4,12-14H2,1-3H3,(H,31,33)(H,34,35). The summed E-state index contributed by atoms with van der Waals surface area (Å²) in [5, 5.41) is 16.2. The first-order valence-corrected chi connectivity index (χ1v) is 11.8. The number of benzene rings is 1. The molecule has 0 bridgehead atoms. The average Bonchev–Trinajstić information content (AvgIpc) is 3.39. The number of carboxylic acids is 1. The van der Waals surface area contributed by atoms with Crippen LogP contribution >= 0.6 is 0 Å². The number of nitrogens with zero attached hydrogens (tertiary/aromatic N) is 1. The summed E-state index contributed by atoms with van der Waals surface area (Å²) in [6, 6.07) is 3.36. The van der Waals surface area contributed by atoms with E-state index in [0.717, 1.165) is 25.1 Å². The summed E-state index contributed by atoms with van der Waals surface area (Å²) in [4.78, 5) is 25.8. The number of carboxylic acid groups (broad SMARTS) is 1. The fraction of sp³-hybridized carbons (Fsp3) is 0.333. The fourth-order valence-corrected chi connectivity index (χ4v) is 4.34. The van der Waals surface area contributed by atoms with Crippen LogP contribution < -0.4 is 15.4 Å². The van der Waals surface area contributed by atoms with Crippen molar-refractivity contribution >= 4 is 17.4 Å². The summed E-state index contributed by atoms with van der Waals surface area (Å²) in [6.45, 7) is 6.81. The summed E-state index contributed by atoms with van der Waals surface area (Å²) in [6.07, 6.45) is 9.45. The van der Waals surface area contributed by atoms with Gasteiger partial charge < -0.3 is 25.0 Å². The van der Waals surface area contributed by atoms with Gasteiger partial charge in [-0.05, 0) is 70.0 Å². The molecule has 7 nitrogen and oxygen atoms in total. The number of hydrogen-bond donors (Lipinski definition) is 3. The molecule has 0 radical (unpaired) electrons. The topological polar surface area (TPSA) is 92.6 Å². The molecular weight excluding hydrogens is 468 g/mol. The van der Waals surface area contributed by atoms with Gasteiger partial charge in [-0.25, -0.2) is 13.6 Å². The van der Waals surface area contributed by atoms with E-state index in [9.17, 15) is 23.5 Å². The lowest BCUT2D eigenvalue weighted by atomic mass is 9.99. The van der Waals surface area contributed by atoms with Crippen LogP contribution in [0.25, 0.3) is 5.57 Å². The zero-order valence-corrected chi connectivity index (χ0v) is 20.4. The Morgan fingerprint density at radius 2 is 1.89 bits per heavy atom. The van der Waals surface area contributed by atoms with Crippen LogP contribution in [-0.4, -0.2) is 40.2 Å². The number of para-hydroxylation sites is 1. The van der Waals surface area contributed by atoms with Crippen LogP contribution in [0.4, 0.5) is 8.78 Å². The van der Waals surface area contributed by atoms with Crippen LogP contribution in [-0.2, 0) is 0 Å². The molecule has 4 rings (SSSR count). The highest BCUT2D eigenvalue weighted by Crippen LogP contribution is 2.33. The van der Waals surface area contributed by atoms with Gasteiger partial charge in [0.25, 0.3) is 5.91 Å². The van der Waals surface area contributed by atoms with Gasteiger partial charge in [-0.15, -0.1) is 0 Å². The van der Waals surface area contributed by atoms with Crippen LogP contribution in [0.5, 0.6) is 5.75 Å². The Balaban J connectivity index is 1.74. The lowest BCUT2D eigenvalue weighted by Crippen LogP contribution is -2.41. The molecule has 1 aliphatic carbocycles. The number of nitrogens with one attached hydrogen (secondary N) is 2. The maximum Gasteiger partial charge on any atom is 0.353 e.